The maximum atomic E-state index is 13.3. The van der Waals surface area contributed by atoms with Gasteiger partial charge in [-0.1, -0.05) is 36.0 Å². The summed E-state index contributed by atoms with van der Waals surface area (Å²) < 4.78 is 179. The van der Waals surface area contributed by atoms with E-state index in [4.69, 9.17) is 41.9 Å². The molecule has 8 aromatic rings. The Balaban J connectivity index is 0.000000214. The number of benzene rings is 8. The topological polar surface area (TPSA) is 141 Å². The zero-order valence-electron chi connectivity index (χ0n) is 37.1. The van der Waals surface area contributed by atoms with Gasteiger partial charge in [-0.05, 0) is 145 Å². The molecule has 0 aliphatic carbocycles. The molecule has 8 N–H and O–H groups in total. The van der Waals surface area contributed by atoms with Gasteiger partial charge in [0.25, 0.3) is 0 Å². The molecular formula is C52H36F12N4O4S. The van der Waals surface area contributed by atoms with Crippen LogP contribution in [0.15, 0.2) is 180 Å². The highest BCUT2D eigenvalue weighted by atomic mass is 32.2. The van der Waals surface area contributed by atoms with E-state index >= 15 is 0 Å². The summed E-state index contributed by atoms with van der Waals surface area (Å²) in [6.07, 6.45) is -18.4. The zero-order valence-corrected chi connectivity index (χ0v) is 37.9. The summed E-state index contributed by atoms with van der Waals surface area (Å²) in [5.41, 5.74) is 19.5. The Kier molecular flexibility index (Phi) is 15.2. The van der Waals surface area contributed by atoms with Crippen LogP contribution >= 0.6 is 11.8 Å². The first-order valence-corrected chi connectivity index (χ1v) is 21.8. The molecule has 0 heterocycles. The SMILES string of the molecule is Nc1cc(Oc2ccc(Sc3ccc(Oc4cc(N)cc(C(F)(F)F)c4)cc3)cc2)cc(C(F)(F)F)c1.Nc1ccc(Oc2ccc(-c3ccc(Oc4ccc(N)cc4C(F)(F)F)cc3)cc2)c(C(F)(F)F)c1. The first-order chi connectivity index (χ1) is 34.2. The van der Waals surface area contributed by atoms with Crippen LogP contribution in [-0.4, -0.2) is 0 Å². The first-order valence-electron chi connectivity index (χ1n) is 20.9. The van der Waals surface area contributed by atoms with Crippen molar-refractivity contribution in [1.82, 2.24) is 0 Å². The maximum Gasteiger partial charge on any atom is 0.420 e. The lowest BCUT2D eigenvalue weighted by Gasteiger charge is -2.15. The molecule has 0 aliphatic rings. The molecular weight excluding hydrogens is 1000 g/mol. The second-order valence-electron chi connectivity index (χ2n) is 15.6. The number of nitrogens with two attached hydrogens (primary N) is 4. The Labute approximate surface area is 411 Å². The van der Waals surface area contributed by atoms with Crippen LogP contribution < -0.4 is 41.9 Å². The van der Waals surface area contributed by atoms with Crippen molar-refractivity contribution in [3.63, 3.8) is 0 Å². The average Bonchev–Trinajstić information content (AvgIpc) is 3.31. The Morgan fingerprint density at radius 2 is 0.603 bits per heavy atom. The van der Waals surface area contributed by atoms with Gasteiger partial charge in [0.05, 0.1) is 11.1 Å². The normalized spacial score (nSPS) is 11.8. The van der Waals surface area contributed by atoms with E-state index in [1.54, 1.807) is 72.8 Å². The summed E-state index contributed by atoms with van der Waals surface area (Å²) in [6, 6.07) is 38.4. The van der Waals surface area contributed by atoms with Gasteiger partial charge < -0.3 is 41.9 Å². The third-order valence-corrected chi connectivity index (χ3v) is 11.0. The van der Waals surface area contributed by atoms with Crippen molar-refractivity contribution in [1.29, 1.82) is 0 Å². The molecule has 21 heteroatoms. The van der Waals surface area contributed by atoms with Gasteiger partial charge in [0.15, 0.2) is 0 Å². The molecule has 0 unspecified atom stereocenters. The quantitative estimate of drug-likeness (QED) is 0.0736. The molecule has 0 spiro atoms. The Morgan fingerprint density at radius 1 is 0.288 bits per heavy atom. The van der Waals surface area contributed by atoms with Crippen LogP contribution in [0.2, 0.25) is 0 Å². The van der Waals surface area contributed by atoms with Crippen LogP contribution in [0.5, 0.6) is 46.0 Å². The van der Waals surface area contributed by atoms with Crippen LogP contribution in [0.3, 0.4) is 0 Å². The Hall–Kier alpha value is -8.33. The molecule has 0 radical (unpaired) electrons. The summed E-state index contributed by atoms with van der Waals surface area (Å²) in [5, 5.41) is 0. The molecule has 0 amide bonds. The van der Waals surface area contributed by atoms with Crippen molar-refractivity contribution in [2.45, 2.75) is 34.5 Å². The predicted octanol–water partition coefficient (Wildman–Crippen LogP) is 16.8. The highest BCUT2D eigenvalue weighted by Gasteiger charge is 2.36. The molecule has 0 aliphatic heterocycles. The van der Waals surface area contributed by atoms with E-state index in [1.807, 2.05) is 0 Å². The molecule has 8 nitrogen and oxygen atoms in total. The third kappa shape index (κ3) is 14.4. The fourth-order valence-electron chi connectivity index (χ4n) is 6.65. The zero-order chi connectivity index (χ0) is 52.9. The summed E-state index contributed by atoms with van der Waals surface area (Å²) in [5.74, 6) is 0.170. The van der Waals surface area contributed by atoms with E-state index in [0.29, 0.717) is 22.6 Å². The number of hydrogen-bond acceptors (Lipinski definition) is 9. The smallest absolute Gasteiger partial charge is 0.420 e. The fraction of sp³-hybridized carbons (Fsp3) is 0.0769. The van der Waals surface area contributed by atoms with Crippen LogP contribution in [0.4, 0.5) is 75.4 Å². The van der Waals surface area contributed by atoms with Gasteiger partial charge in [-0.2, -0.15) is 52.7 Å². The second kappa shape index (κ2) is 21.2. The summed E-state index contributed by atoms with van der Waals surface area (Å²) in [4.78, 5) is 1.63. The number of halogens is 12. The predicted molar refractivity (Wildman–Crippen MR) is 253 cm³/mol. The molecule has 73 heavy (non-hydrogen) atoms. The van der Waals surface area contributed by atoms with Crippen LogP contribution in [0.1, 0.15) is 22.3 Å². The van der Waals surface area contributed by atoms with Crippen molar-refractivity contribution < 1.29 is 71.6 Å². The minimum atomic E-state index is -4.64. The molecule has 0 saturated heterocycles. The van der Waals surface area contributed by atoms with Crippen LogP contribution in [-0.2, 0) is 24.7 Å². The Bertz CT molecular complexity index is 2970. The van der Waals surface area contributed by atoms with Crippen molar-refractivity contribution in [3.8, 4) is 57.1 Å². The van der Waals surface area contributed by atoms with Crippen LogP contribution in [0, 0.1) is 0 Å². The fourth-order valence-corrected chi connectivity index (χ4v) is 7.47. The van der Waals surface area contributed by atoms with Crippen molar-refractivity contribution >= 4 is 34.5 Å². The molecule has 0 fully saturated rings. The van der Waals surface area contributed by atoms with Crippen molar-refractivity contribution in [2.75, 3.05) is 22.9 Å². The molecule has 378 valence electrons. The summed E-state index contributed by atoms with van der Waals surface area (Å²) >= 11 is 1.39. The molecule has 0 bridgehead atoms. The van der Waals surface area contributed by atoms with Gasteiger partial charge in [0.2, 0.25) is 0 Å². The average molecular weight is 1040 g/mol. The van der Waals surface area contributed by atoms with Crippen molar-refractivity contribution in [2.24, 2.45) is 0 Å². The number of rotatable bonds is 11. The highest BCUT2D eigenvalue weighted by molar-refractivity contribution is 7.99. The summed E-state index contributed by atoms with van der Waals surface area (Å²) in [7, 11) is 0. The van der Waals surface area contributed by atoms with E-state index in [-0.39, 0.29) is 57.2 Å². The maximum absolute atomic E-state index is 13.3. The van der Waals surface area contributed by atoms with E-state index in [2.05, 4.69) is 0 Å². The monoisotopic (exact) mass is 1040 g/mol. The third-order valence-electron chi connectivity index (χ3n) is 9.98. The van der Waals surface area contributed by atoms with Crippen molar-refractivity contribution in [3.05, 3.63) is 192 Å². The minimum absolute atomic E-state index is 0.0363. The van der Waals surface area contributed by atoms with Gasteiger partial charge in [0.1, 0.15) is 57.1 Å². The van der Waals surface area contributed by atoms with E-state index in [9.17, 15) is 52.7 Å². The lowest BCUT2D eigenvalue weighted by atomic mass is 10.1. The number of hydrogen-bond donors (Lipinski definition) is 4. The van der Waals surface area contributed by atoms with Gasteiger partial charge in [0, 0.05) is 44.7 Å². The Morgan fingerprint density at radius 3 is 0.918 bits per heavy atom. The first kappa shape index (κ1) is 52.5. The molecule has 0 aromatic heterocycles. The van der Waals surface area contributed by atoms with Crippen LogP contribution in [0.25, 0.3) is 11.1 Å². The standard InChI is InChI=1S/C26H18F6N2O2S.C26H18F6N2O2/c27-25(28,29)15-9-17(33)13-21(11-15)35-19-1-5-23(6-2-19)37-24-7-3-20(4-8-24)36-22-12-16(26(30,31)32)10-18(34)14-22;27-25(28,29)21-13-17(33)5-11-23(21)35-19-7-1-15(2-8-19)16-3-9-20(10-4-16)36-24-12-6-18(34)14-22(24)26(30,31)32/h1-14H,33-34H2;1-14H,33-34H2. The number of nitrogen functional groups attached to an aromatic ring is 4. The highest BCUT2D eigenvalue weighted by Crippen LogP contribution is 2.43. The van der Waals surface area contributed by atoms with E-state index in [0.717, 1.165) is 58.3 Å². The lowest BCUT2D eigenvalue weighted by molar-refractivity contribution is -0.139. The van der Waals surface area contributed by atoms with Gasteiger partial charge in [-0.3, -0.25) is 0 Å². The molecule has 0 atom stereocenters. The molecule has 0 saturated carbocycles. The number of alkyl halides is 12. The van der Waals surface area contributed by atoms with E-state index < -0.39 is 47.0 Å². The number of anilines is 4. The van der Waals surface area contributed by atoms with Gasteiger partial charge >= 0.3 is 24.7 Å². The molecule has 8 rings (SSSR count). The lowest BCUT2D eigenvalue weighted by Crippen LogP contribution is -2.08. The summed E-state index contributed by atoms with van der Waals surface area (Å²) in [6.45, 7) is 0. The number of ether oxygens (including phenoxy) is 4. The van der Waals surface area contributed by atoms with E-state index in [1.165, 1.54) is 60.3 Å². The molecule has 8 aromatic carbocycles. The van der Waals surface area contributed by atoms with Gasteiger partial charge in [-0.25, -0.2) is 0 Å². The second-order valence-corrected chi connectivity index (χ2v) is 16.7. The minimum Gasteiger partial charge on any atom is -0.457 e. The largest absolute Gasteiger partial charge is 0.457 e. The van der Waals surface area contributed by atoms with Gasteiger partial charge in [-0.15, -0.1) is 0 Å².